The minimum absolute atomic E-state index is 0.182. The first-order chi connectivity index (χ1) is 11.0. The van der Waals surface area contributed by atoms with E-state index in [2.05, 4.69) is 36.2 Å². The number of hydrogen-bond acceptors (Lipinski definition) is 4. The Morgan fingerprint density at radius 3 is 2.43 bits per heavy atom. The highest BCUT2D eigenvalue weighted by atomic mass is 79.9. The molecule has 4 nitrogen and oxygen atoms in total. The molecule has 3 aromatic rings. The average molecular weight is 398 g/mol. The summed E-state index contributed by atoms with van der Waals surface area (Å²) in [5, 5.41) is 2.98. The van der Waals surface area contributed by atoms with Crippen molar-refractivity contribution in [2.75, 3.05) is 5.32 Å². The Bertz CT molecular complexity index is 838. The van der Waals surface area contributed by atoms with E-state index in [0.29, 0.717) is 17.3 Å². The Kier molecular flexibility index (Phi) is 4.49. The molecule has 0 atom stereocenters. The lowest BCUT2D eigenvalue weighted by molar-refractivity contribution is 0.573. The van der Waals surface area contributed by atoms with Gasteiger partial charge in [-0.2, -0.15) is 0 Å². The number of hydrogen-bond donors (Lipinski definition) is 1. The number of halogens is 4. The Morgan fingerprint density at radius 1 is 1.04 bits per heavy atom. The van der Waals surface area contributed by atoms with Crippen LogP contribution in [0.2, 0.25) is 5.15 Å². The molecule has 1 N–H and O–H groups in total. The molecule has 3 rings (SSSR count). The van der Waals surface area contributed by atoms with E-state index in [0.717, 1.165) is 12.1 Å². The number of anilines is 2. The summed E-state index contributed by atoms with van der Waals surface area (Å²) in [5.41, 5.74) is 0.733. The summed E-state index contributed by atoms with van der Waals surface area (Å²) in [4.78, 5) is 12.5. The Hall–Kier alpha value is -2.12. The average Bonchev–Trinajstić information content (AvgIpc) is 2.53. The topological polar surface area (TPSA) is 50.7 Å². The van der Waals surface area contributed by atoms with E-state index >= 15 is 0 Å². The molecule has 8 heteroatoms. The van der Waals surface area contributed by atoms with Crippen LogP contribution in [-0.2, 0) is 0 Å². The van der Waals surface area contributed by atoms with Gasteiger partial charge in [0.05, 0.1) is 4.47 Å². The van der Waals surface area contributed by atoms with Gasteiger partial charge in [-0.3, -0.25) is 4.98 Å². The SMILES string of the molecule is Fc1cc(Nc2cc(Cl)nc(-c3ccccn3)n2)cc(F)c1Br. The van der Waals surface area contributed by atoms with Crippen molar-refractivity contribution in [3.8, 4) is 11.5 Å². The molecule has 1 aromatic carbocycles. The van der Waals surface area contributed by atoms with Gasteiger partial charge in [0.25, 0.3) is 0 Å². The van der Waals surface area contributed by atoms with Crippen molar-refractivity contribution < 1.29 is 8.78 Å². The zero-order valence-electron chi connectivity index (χ0n) is 11.4. The maximum atomic E-state index is 13.6. The molecule has 0 aliphatic rings. The zero-order chi connectivity index (χ0) is 16.4. The van der Waals surface area contributed by atoms with E-state index in [1.807, 2.05) is 0 Å². The highest BCUT2D eigenvalue weighted by molar-refractivity contribution is 9.10. The largest absolute Gasteiger partial charge is 0.340 e. The molecule has 2 aromatic heterocycles. The van der Waals surface area contributed by atoms with Gasteiger partial charge in [-0.15, -0.1) is 0 Å². The van der Waals surface area contributed by atoms with Gasteiger partial charge in [-0.25, -0.2) is 18.7 Å². The van der Waals surface area contributed by atoms with E-state index in [-0.39, 0.29) is 15.3 Å². The molecule has 0 saturated heterocycles. The van der Waals surface area contributed by atoms with Crippen molar-refractivity contribution in [3.63, 3.8) is 0 Å². The third-order valence-electron chi connectivity index (χ3n) is 2.85. The molecule has 23 heavy (non-hydrogen) atoms. The standard InChI is InChI=1S/C15H8BrClF2N4/c16-14-9(18)5-8(6-10(14)19)21-13-7-12(17)22-15(23-13)11-3-1-2-4-20-11/h1-7H,(H,21,22,23). The van der Waals surface area contributed by atoms with Gasteiger partial charge < -0.3 is 5.32 Å². The quantitative estimate of drug-likeness (QED) is 0.500. The van der Waals surface area contributed by atoms with Gasteiger partial charge >= 0.3 is 0 Å². The lowest BCUT2D eigenvalue weighted by Gasteiger charge is -2.09. The van der Waals surface area contributed by atoms with Crippen LogP contribution in [0.1, 0.15) is 0 Å². The van der Waals surface area contributed by atoms with Gasteiger partial charge in [0.15, 0.2) is 5.82 Å². The van der Waals surface area contributed by atoms with Crippen molar-refractivity contribution in [3.05, 3.63) is 63.9 Å². The molecule has 0 unspecified atom stereocenters. The molecule has 116 valence electrons. The second-order valence-corrected chi connectivity index (χ2v) is 5.67. The number of nitrogens with zero attached hydrogens (tertiary/aromatic N) is 3. The highest BCUT2D eigenvalue weighted by Gasteiger charge is 2.11. The van der Waals surface area contributed by atoms with E-state index in [9.17, 15) is 8.78 Å². The second-order valence-electron chi connectivity index (χ2n) is 4.49. The Morgan fingerprint density at radius 2 is 1.78 bits per heavy atom. The minimum Gasteiger partial charge on any atom is -0.340 e. The molecule has 0 amide bonds. The van der Waals surface area contributed by atoms with E-state index in [1.165, 1.54) is 6.07 Å². The Labute approximate surface area is 143 Å². The van der Waals surface area contributed by atoms with Crippen LogP contribution < -0.4 is 5.32 Å². The van der Waals surface area contributed by atoms with Crippen LogP contribution in [0.15, 0.2) is 47.1 Å². The molecule has 0 spiro atoms. The zero-order valence-corrected chi connectivity index (χ0v) is 13.7. The third-order valence-corrected chi connectivity index (χ3v) is 3.80. The molecule has 0 radical (unpaired) electrons. The number of benzene rings is 1. The third kappa shape index (κ3) is 3.62. The van der Waals surface area contributed by atoms with Gasteiger partial charge in [-0.1, -0.05) is 17.7 Å². The molecule has 2 heterocycles. The van der Waals surface area contributed by atoms with Crippen LogP contribution in [0.4, 0.5) is 20.3 Å². The van der Waals surface area contributed by atoms with Crippen molar-refractivity contribution in [2.45, 2.75) is 0 Å². The predicted molar refractivity (Wildman–Crippen MR) is 87.6 cm³/mol. The molecule has 0 aliphatic carbocycles. The summed E-state index contributed by atoms with van der Waals surface area (Å²) in [6, 6.07) is 9.02. The number of pyridine rings is 1. The fourth-order valence-electron chi connectivity index (χ4n) is 1.87. The molecule has 0 fully saturated rings. The molecule has 0 aliphatic heterocycles. The summed E-state index contributed by atoms with van der Waals surface area (Å²) in [7, 11) is 0. The minimum atomic E-state index is -0.724. The van der Waals surface area contributed by atoms with Crippen LogP contribution in [-0.4, -0.2) is 15.0 Å². The second kappa shape index (κ2) is 6.55. The first kappa shape index (κ1) is 15.8. The maximum Gasteiger partial charge on any atom is 0.181 e. The van der Waals surface area contributed by atoms with Crippen LogP contribution in [0.25, 0.3) is 11.5 Å². The van der Waals surface area contributed by atoms with Crippen molar-refractivity contribution in [1.82, 2.24) is 15.0 Å². The van der Waals surface area contributed by atoms with E-state index < -0.39 is 11.6 Å². The first-order valence-electron chi connectivity index (χ1n) is 6.40. The lowest BCUT2D eigenvalue weighted by atomic mass is 10.3. The first-order valence-corrected chi connectivity index (χ1v) is 7.57. The lowest BCUT2D eigenvalue weighted by Crippen LogP contribution is -2.00. The smallest absolute Gasteiger partial charge is 0.181 e. The highest BCUT2D eigenvalue weighted by Crippen LogP contribution is 2.26. The van der Waals surface area contributed by atoms with Crippen molar-refractivity contribution in [1.29, 1.82) is 0 Å². The molecule has 0 bridgehead atoms. The van der Waals surface area contributed by atoms with Crippen LogP contribution in [0, 0.1) is 11.6 Å². The number of rotatable bonds is 3. The van der Waals surface area contributed by atoms with Gasteiger partial charge in [0, 0.05) is 18.0 Å². The molecule has 0 saturated carbocycles. The van der Waals surface area contributed by atoms with Crippen LogP contribution >= 0.6 is 27.5 Å². The molecular weight excluding hydrogens is 390 g/mol. The normalized spacial score (nSPS) is 10.6. The van der Waals surface area contributed by atoms with Crippen LogP contribution in [0.5, 0.6) is 0 Å². The number of nitrogens with one attached hydrogen (secondary N) is 1. The summed E-state index contributed by atoms with van der Waals surface area (Å²) in [5.74, 6) is -0.847. The van der Waals surface area contributed by atoms with E-state index in [4.69, 9.17) is 11.6 Å². The van der Waals surface area contributed by atoms with Crippen molar-refractivity contribution in [2.24, 2.45) is 0 Å². The fourth-order valence-corrected chi connectivity index (χ4v) is 2.28. The predicted octanol–water partition coefficient (Wildman–Crippen LogP) is 4.98. The summed E-state index contributed by atoms with van der Waals surface area (Å²) < 4.78 is 26.9. The fraction of sp³-hybridized carbons (Fsp3) is 0. The Balaban J connectivity index is 1.96. The summed E-state index contributed by atoms with van der Waals surface area (Å²) in [6.07, 6.45) is 1.60. The summed E-state index contributed by atoms with van der Waals surface area (Å²) in [6.45, 7) is 0. The van der Waals surface area contributed by atoms with Crippen LogP contribution in [0.3, 0.4) is 0 Å². The summed E-state index contributed by atoms with van der Waals surface area (Å²) >= 11 is 8.80. The monoisotopic (exact) mass is 396 g/mol. The van der Waals surface area contributed by atoms with Crippen molar-refractivity contribution >= 4 is 39.0 Å². The van der Waals surface area contributed by atoms with Gasteiger partial charge in [0.2, 0.25) is 0 Å². The number of aromatic nitrogens is 3. The maximum absolute atomic E-state index is 13.6. The van der Waals surface area contributed by atoms with E-state index in [1.54, 1.807) is 24.4 Å². The van der Waals surface area contributed by atoms with Gasteiger partial charge in [0.1, 0.15) is 28.3 Å². The van der Waals surface area contributed by atoms with Gasteiger partial charge in [-0.05, 0) is 40.2 Å². The molecular formula is C15H8BrClF2N4.